The van der Waals surface area contributed by atoms with Gasteiger partial charge in [0.15, 0.2) is 5.13 Å². The SMILES string of the molecule is CC(C)(C)C1CCc2nc(NC(=O)C3CCCN(CCC#N)C3)sc2C1. The monoisotopic (exact) mass is 374 g/mol. The molecule has 2 aliphatic rings. The molecule has 1 N–H and O–H groups in total. The molecule has 142 valence electrons. The highest BCUT2D eigenvalue weighted by atomic mass is 32.1. The maximum atomic E-state index is 12.7. The Morgan fingerprint density at radius 3 is 2.96 bits per heavy atom. The zero-order chi connectivity index (χ0) is 18.7. The Bertz CT molecular complexity index is 685. The van der Waals surface area contributed by atoms with E-state index in [1.165, 1.54) is 17.0 Å². The van der Waals surface area contributed by atoms with Gasteiger partial charge in [0, 0.05) is 24.4 Å². The number of fused-ring (bicyclic) bond motifs is 1. The van der Waals surface area contributed by atoms with E-state index in [-0.39, 0.29) is 11.8 Å². The van der Waals surface area contributed by atoms with E-state index in [9.17, 15) is 4.79 Å². The molecule has 1 aromatic rings. The molecule has 0 aromatic carbocycles. The van der Waals surface area contributed by atoms with Crippen molar-refractivity contribution in [2.75, 3.05) is 25.0 Å². The van der Waals surface area contributed by atoms with Gasteiger partial charge in [-0.15, -0.1) is 11.3 Å². The molecule has 6 heteroatoms. The van der Waals surface area contributed by atoms with Crippen LogP contribution in [0.4, 0.5) is 5.13 Å². The quantitative estimate of drug-likeness (QED) is 0.869. The van der Waals surface area contributed by atoms with Crippen LogP contribution in [0.5, 0.6) is 0 Å². The van der Waals surface area contributed by atoms with Crippen molar-refractivity contribution in [1.29, 1.82) is 5.26 Å². The molecule has 2 unspecified atom stereocenters. The number of nitrogens with one attached hydrogen (secondary N) is 1. The number of carbonyl (C=O) groups is 1. The normalized spacial score (nSPS) is 23.9. The minimum atomic E-state index is 0.00527. The lowest BCUT2D eigenvalue weighted by Gasteiger charge is -2.33. The average Bonchev–Trinajstić information content (AvgIpc) is 3.00. The predicted octanol–water partition coefficient (Wildman–Crippen LogP) is 3.86. The summed E-state index contributed by atoms with van der Waals surface area (Å²) in [6.45, 7) is 9.45. The average molecular weight is 375 g/mol. The van der Waals surface area contributed by atoms with E-state index >= 15 is 0 Å². The van der Waals surface area contributed by atoms with Crippen LogP contribution in [-0.2, 0) is 17.6 Å². The summed E-state index contributed by atoms with van der Waals surface area (Å²) in [5.41, 5.74) is 1.50. The smallest absolute Gasteiger partial charge is 0.230 e. The van der Waals surface area contributed by atoms with Gasteiger partial charge in [0.1, 0.15) is 0 Å². The molecule has 0 spiro atoms. The van der Waals surface area contributed by atoms with Crippen LogP contribution in [0, 0.1) is 28.6 Å². The molecular weight excluding hydrogens is 344 g/mol. The van der Waals surface area contributed by atoms with Crippen LogP contribution in [-0.4, -0.2) is 35.4 Å². The van der Waals surface area contributed by atoms with Crippen molar-refractivity contribution in [3.05, 3.63) is 10.6 Å². The molecule has 1 fully saturated rings. The van der Waals surface area contributed by atoms with Crippen LogP contribution in [0.15, 0.2) is 0 Å². The summed E-state index contributed by atoms with van der Waals surface area (Å²) in [6.07, 6.45) is 5.76. The fraction of sp³-hybridized carbons (Fsp3) is 0.750. The first-order chi connectivity index (χ1) is 12.4. The second-order valence-corrected chi connectivity index (χ2v) is 9.82. The Labute approximate surface area is 160 Å². The fourth-order valence-electron chi connectivity index (χ4n) is 4.06. The Balaban J connectivity index is 1.59. The molecule has 5 nitrogen and oxygen atoms in total. The second-order valence-electron chi connectivity index (χ2n) is 8.73. The number of rotatable bonds is 4. The number of amides is 1. The number of anilines is 1. The lowest BCUT2D eigenvalue weighted by Crippen LogP contribution is -2.41. The first-order valence-electron chi connectivity index (χ1n) is 9.75. The summed E-state index contributed by atoms with van der Waals surface area (Å²) in [6, 6.07) is 2.19. The Hall–Kier alpha value is -1.45. The predicted molar refractivity (Wildman–Crippen MR) is 105 cm³/mol. The number of aryl methyl sites for hydroxylation is 1. The van der Waals surface area contributed by atoms with Gasteiger partial charge >= 0.3 is 0 Å². The van der Waals surface area contributed by atoms with Crippen molar-refractivity contribution < 1.29 is 4.79 Å². The number of hydrogen-bond donors (Lipinski definition) is 1. The van der Waals surface area contributed by atoms with Crippen LogP contribution in [0.1, 0.15) is 57.0 Å². The molecule has 0 radical (unpaired) electrons. The van der Waals surface area contributed by atoms with Crippen LogP contribution in [0.25, 0.3) is 0 Å². The Kier molecular flexibility index (Phi) is 5.99. The third-order valence-corrected chi connectivity index (χ3v) is 6.85. The Morgan fingerprint density at radius 1 is 1.42 bits per heavy atom. The minimum absolute atomic E-state index is 0.00527. The molecule has 1 amide bonds. The third-order valence-electron chi connectivity index (χ3n) is 5.81. The van der Waals surface area contributed by atoms with Gasteiger partial charge < -0.3 is 10.2 Å². The summed E-state index contributed by atoms with van der Waals surface area (Å²) in [4.78, 5) is 21.0. The molecule has 0 saturated carbocycles. The number of piperidine rings is 1. The summed E-state index contributed by atoms with van der Waals surface area (Å²) in [5, 5.41) is 12.6. The van der Waals surface area contributed by atoms with Gasteiger partial charge in [-0.25, -0.2) is 4.98 Å². The summed E-state index contributed by atoms with van der Waals surface area (Å²) in [5.74, 6) is 0.779. The zero-order valence-electron chi connectivity index (χ0n) is 16.2. The first-order valence-corrected chi connectivity index (χ1v) is 10.6. The van der Waals surface area contributed by atoms with Crippen molar-refractivity contribution in [2.24, 2.45) is 17.3 Å². The molecule has 0 bridgehead atoms. The molecular formula is C20H30N4OS. The van der Waals surface area contributed by atoms with Crippen molar-refractivity contribution in [1.82, 2.24) is 9.88 Å². The number of thiazole rings is 1. The zero-order valence-corrected chi connectivity index (χ0v) is 17.0. The standard InChI is InChI=1S/C20H30N4OS/c1-20(2,3)15-7-8-16-17(12-15)26-19(22-16)23-18(25)14-6-4-10-24(13-14)11-5-9-21/h14-15H,4-8,10-13H2,1-3H3,(H,22,23,25). The summed E-state index contributed by atoms with van der Waals surface area (Å²) >= 11 is 1.66. The molecule has 2 heterocycles. The van der Waals surface area contributed by atoms with Gasteiger partial charge in [-0.05, 0) is 50.0 Å². The molecule has 1 aliphatic carbocycles. The number of aromatic nitrogens is 1. The van der Waals surface area contributed by atoms with E-state index in [2.05, 4.69) is 37.1 Å². The van der Waals surface area contributed by atoms with E-state index in [0.29, 0.717) is 17.8 Å². The van der Waals surface area contributed by atoms with E-state index < -0.39 is 0 Å². The van der Waals surface area contributed by atoms with Gasteiger partial charge in [0.05, 0.1) is 17.7 Å². The summed E-state index contributed by atoms with van der Waals surface area (Å²) < 4.78 is 0. The molecule has 26 heavy (non-hydrogen) atoms. The minimum Gasteiger partial charge on any atom is -0.302 e. The lowest BCUT2D eigenvalue weighted by atomic mass is 9.73. The second kappa shape index (κ2) is 8.06. The summed E-state index contributed by atoms with van der Waals surface area (Å²) in [7, 11) is 0. The van der Waals surface area contributed by atoms with E-state index in [4.69, 9.17) is 10.2 Å². The van der Waals surface area contributed by atoms with Gasteiger partial charge in [0.2, 0.25) is 5.91 Å². The molecule has 1 aliphatic heterocycles. The fourth-order valence-corrected chi connectivity index (χ4v) is 5.15. The molecule has 1 saturated heterocycles. The number of nitrogens with zero attached hydrogens (tertiary/aromatic N) is 3. The van der Waals surface area contributed by atoms with Gasteiger partial charge in [-0.1, -0.05) is 20.8 Å². The van der Waals surface area contributed by atoms with Gasteiger partial charge in [-0.3, -0.25) is 4.79 Å². The maximum absolute atomic E-state index is 12.7. The number of likely N-dealkylation sites (tertiary alicyclic amines) is 1. The number of hydrogen-bond acceptors (Lipinski definition) is 5. The largest absolute Gasteiger partial charge is 0.302 e. The van der Waals surface area contributed by atoms with E-state index in [1.54, 1.807) is 11.3 Å². The number of carbonyl (C=O) groups excluding carboxylic acids is 1. The van der Waals surface area contributed by atoms with Crippen LogP contribution >= 0.6 is 11.3 Å². The van der Waals surface area contributed by atoms with Crippen molar-refractivity contribution in [3.63, 3.8) is 0 Å². The van der Waals surface area contributed by atoms with Crippen molar-refractivity contribution in [2.45, 2.75) is 59.3 Å². The van der Waals surface area contributed by atoms with Crippen LogP contribution in [0.2, 0.25) is 0 Å². The van der Waals surface area contributed by atoms with Gasteiger partial charge in [0.25, 0.3) is 0 Å². The van der Waals surface area contributed by atoms with Crippen LogP contribution in [0.3, 0.4) is 0 Å². The molecule has 2 atom stereocenters. The highest BCUT2D eigenvalue weighted by molar-refractivity contribution is 7.15. The molecule has 3 rings (SSSR count). The highest BCUT2D eigenvalue weighted by Crippen LogP contribution is 2.40. The molecule has 1 aromatic heterocycles. The van der Waals surface area contributed by atoms with Crippen molar-refractivity contribution in [3.8, 4) is 6.07 Å². The maximum Gasteiger partial charge on any atom is 0.230 e. The van der Waals surface area contributed by atoms with Crippen molar-refractivity contribution >= 4 is 22.4 Å². The van der Waals surface area contributed by atoms with Crippen LogP contribution < -0.4 is 5.32 Å². The van der Waals surface area contributed by atoms with E-state index in [1.807, 2.05) is 0 Å². The third kappa shape index (κ3) is 4.63. The number of nitriles is 1. The highest BCUT2D eigenvalue weighted by Gasteiger charge is 2.31. The van der Waals surface area contributed by atoms with Gasteiger partial charge in [-0.2, -0.15) is 5.26 Å². The Morgan fingerprint density at radius 2 is 2.23 bits per heavy atom. The van der Waals surface area contributed by atoms with E-state index in [0.717, 1.165) is 50.4 Å². The first kappa shape index (κ1) is 19.3. The topological polar surface area (TPSA) is 69.0 Å². The lowest BCUT2D eigenvalue weighted by molar-refractivity contribution is -0.121.